The van der Waals surface area contributed by atoms with Crippen molar-refractivity contribution >= 4 is 7.82 Å². The van der Waals surface area contributed by atoms with Gasteiger partial charge in [0.05, 0.1) is 0 Å². The summed E-state index contributed by atoms with van der Waals surface area (Å²) in [5.41, 5.74) is 0. The van der Waals surface area contributed by atoms with Crippen LogP contribution in [0.15, 0.2) is 0 Å². The van der Waals surface area contributed by atoms with Crippen LogP contribution >= 0.6 is 7.82 Å². The quantitative estimate of drug-likeness (QED) is 0.482. The van der Waals surface area contributed by atoms with Crippen molar-refractivity contribution in [2.24, 2.45) is 0 Å². The fraction of sp³-hybridized carbons (Fsp3) is 0. The summed E-state index contributed by atoms with van der Waals surface area (Å²) in [5.74, 6) is 0. The molecule has 0 fully saturated rings. The molecule has 0 saturated heterocycles. The molecular formula is H3NdO5P. The molecule has 0 rings (SSSR count). The predicted octanol–water partition coefficient (Wildman–Crippen LogP) is -1.05. The molecule has 0 aliphatic rings. The maximum atomic E-state index is 8.88. The maximum absolute atomic E-state index is 8.88. The molecule has 7 heteroatoms. The van der Waals surface area contributed by atoms with Crippen LogP contribution in [-0.2, 0) is 5.62 Å². The molecule has 0 aliphatic heterocycles. The van der Waals surface area contributed by atoms with Crippen molar-refractivity contribution in [2.45, 2.75) is 0 Å². The van der Waals surface area contributed by atoms with Crippen molar-refractivity contribution < 1.29 is 59.2 Å². The van der Waals surface area contributed by atoms with E-state index in [-0.39, 0.29) is 38.9 Å². The molecule has 0 bridgehead atoms. The van der Waals surface area contributed by atoms with E-state index in [0.29, 0.717) is 0 Å². The van der Waals surface area contributed by atoms with Gasteiger partial charge in [-0.1, -0.05) is 0 Å². The Morgan fingerprint density at radius 1 is 1.14 bits per heavy atom. The Labute approximate surface area is 66.4 Å². The Bertz CT molecular complexity index is 63.9. The van der Waals surface area contributed by atoms with Gasteiger partial charge in [-0.05, 0) is 0 Å². The van der Waals surface area contributed by atoms with Crippen molar-refractivity contribution in [1.29, 1.82) is 0 Å². The van der Waals surface area contributed by atoms with Crippen LogP contribution in [0, 0.1) is 38.9 Å². The topological polar surface area (TPSA) is 94.8 Å². The molecule has 0 heterocycles. The third kappa shape index (κ3) is 126. The molecule has 0 atom stereocenters. The summed E-state index contributed by atoms with van der Waals surface area (Å²) in [5, 5.41) is 0. The Balaban J connectivity index is 0. The first kappa shape index (κ1) is 11.1. The second-order valence-corrected chi connectivity index (χ2v) is 1.54. The van der Waals surface area contributed by atoms with Crippen LogP contribution in [0.5, 0.6) is 0 Å². The summed E-state index contributed by atoms with van der Waals surface area (Å²) >= 11 is 0.0556. The van der Waals surface area contributed by atoms with Crippen molar-refractivity contribution in [3.05, 3.63) is 0 Å². The van der Waals surface area contributed by atoms with Crippen LogP contribution in [-0.4, -0.2) is 14.7 Å². The van der Waals surface area contributed by atoms with Crippen LogP contribution in [0.1, 0.15) is 0 Å². The van der Waals surface area contributed by atoms with Crippen LogP contribution in [0.2, 0.25) is 0 Å². The zero-order chi connectivity index (χ0) is 6.50. The molecule has 0 radical (unpaired) electrons. The number of hydrogen-bond acceptors (Lipinski definition) is 2. The molecule has 0 saturated carbocycles. The third-order valence-electron chi connectivity index (χ3n) is 0. The van der Waals surface area contributed by atoms with Gasteiger partial charge in [-0.2, -0.15) is 0 Å². The van der Waals surface area contributed by atoms with Gasteiger partial charge in [0, 0.05) is 0 Å². The average Bonchev–Trinajstić information content (AvgIpc) is 1.36. The zero-order valence-electron chi connectivity index (χ0n) is 3.11. The van der Waals surface area contributed by atoms with Crippen LogP contribution in [0.25, 0.3) is 0 Å². The number of phosphoric acid groups is 1. The Kier molecular flexibility index (Phi) is 8.57. The standard InChI is InChI=1S/Nd.H3O4P.O/c;1-5(2,3)4;/h;(H3,1,2,3,4);. The summed E-state index contributed by atoms with van der Waals surface area (Å²) < 4.78 is 17.3. The molecule has 7 heavy (non-hydrogen) atoms. The van der Waals surface area contributed by atoms with Crippen molar-refractivity contribution in [3.63, 3.8) is 0 Å². The van der Waals surface area contributed by atoms with E-state index < -0.39 is 7.82 Å². The Morgan fingerprint density at radius 3 is 1.14 bits per heavy atom. The molecule has 0 aromatic rings. The fourth-order valence-corrected chi connectivity index (χ4v) is 0. The van der Waals surface area contributed by atoms with Crippen LogP contribution < -0.4 is 0 Å². The minimum atomic E-state index is -4.64. The second kappa shape index (κ2) is 5.40. The van der Waals surface area contributed by atoms with Gasteiger partial charge in [-0.3, -0.25) is 0 Å². The Hall–Kier alpha value is 1.26. The molecule has 0 amide bonds. The molecule has 0 spiro atoms. The van der Waals surface area contributed by atoms with Crippen molar-refractivity contribution in [2.75, 3.05) is 0 Å². The number of rotatable bonds is 0. The predicted molar refractivity (Wildman–Crippen MR) is 14.9 cm³/mol. The van der Waals surface area contributed by atoms with E-state index >= 15 is 0 Å². The van der Waals surface area contributed by atoms with Gasteiger partial charge in [-0.25, -0.2) is 4.57 Å². The molecule has 0 unspecified atom stereocenters. The normalized spacial score (nSPS) is 8.86. The molecule has 42 valence electrons. The van der Waals surface area contributed by atoms with Gasteiger partial charge in [0.15, 0.2) is 0 Å². The van der Waals surface area contributed by atoms with E-state index in [1.54, 1.807) is 0 Å². The van der Waals surface area contributed by atoms with Gasteiger partial charge in [0.1, 0.15) is 0 Å². The molecule has 0 aromatic heterocycles. The average molecular weight is 258 g/mol. The van der Waals surface area contributed by atoms with E-state index in [2.05, 4.69) is 0 Å². The summed E-state index contributed by atoms with van der Waals surface area (Å²) in [6.45, 7) is 0. The van der Waals surface area contributed by atoms with Crippen LogP contribution in [0.4, 0.5) is 0 Å². The van der Waals surface area contributed by atoms with E-state index in [0.717, 1.165) is 0 Å². The van der Waals surface area contributed by atoms with Gasteiger partial charge < -0.3 is 14.7 Å². The van der Waals surface area contributed by atoms with Gasteiger partial charge in [-0.15, -0.1) is 0 Å². The van der Waals surface area contributed by atoms with Gasteiger partial charge >= 0.3 is 47.8 Å². The number of hydrogen-bond donors (Lipinski definition) is 3. The first-order valence-corrected chi connectivity index (χ1v) is 3.86. The molecule has 5 nitrogen and oxygen atoms in total. The first-order chi connectivity index (χ1) is 3.00. The summed E-state index contributed by atoms with van der Waals surface area (Å²) in [7, 11) is -4.64. The second-order valence-electron chi connectivity index (χ2n) is 0.513. The third-order valence-corrected chi connectivity index (χ3v) is 0. The molecule has 3 N–H and O–H groups in total. The van der Waals surface area contributed by atoms with E-state index in [9.17, 15) is 0 Å². The first-order valence-electron chi connectivity index (χ1n) is 0.987. The molecular weight excluding hydrogens is 255 g/mol. The van der Waals surface area contributed by atoms with Crippen molar-refractivity contribution in [1.82, 2.24) is 0 Å². The van der Waals surface area contributed by atoms with E-state index in [4.69, 9.17) is 20.3 Å². The molecule has 0 aliphatic carbocycles. The fourth-order valence-electron chi connectivity index (χ4n) is 0. The SMILES string of the molecule is O=P(O)(O)O.[O]=[Nd]. The molecule has 0 aromatic carbocycles. The van der Waals surface area contributed by atoms with Crippen LogP contribution in [0.3, 0.4) is 0 Å². The monoisotopic (exact) mass is 256 g/mol. The summed E-state index contributed by atoms with van der Waals surface area (Å²) in [6, 6.07) is 0. The summed E-state index contributed by atoms with van der Waals surface area (Å²) in [4.78, 5) is 21.6. The Morgan fingerprint density at radius 2 is 1.14 bits per heavy atom. The zero-order valence-corrected chi connectivity index (χ0v) is 7.21. The van der Waals surface area contributed by atoms with E-state index in [1.807, 2.05) is 0 Å². The van der Waals surface area contributed by atoms with Gasteiger partial charge in [0.2, 0.25) is 0 Å². The van der Waals surface area contributed by atoms with Crippen molar-refractivity contribution in [3.8, 4) is 0 Å². The summed E-state index contributed by atoms with van der Waals surface area (Å²) in [6.07, 6.45) is 0. The minimum absolute atomic E-state index is 0.0556. The van der Waals surface area contributed by atoms with E-state index in [1.165, 1.54) is 0 Å². The van der Waals surface area contributed by atoms with Gasteiger partial charge in [0.25, 0.3) is 0 Å².